The van der Waals surface area contributed by atoms with Gasteiger partial charge in [0, 0.05) is 6.04 Å². The smallest absolute Gasteiger partial charge is 0.373 e. The van der Waals surface area contributed by atoms with Crippen molar-refractivity contribution in [3.8, 4) is 0 Å². The first-order valence-electron chi connectivity index (χ1n) is 7.89. The van der Waals surface area contributed by atoms with E-state index in [1.807, 2.05) is 6.07 Å². The van der Waals surface area contributed by atoms with Crippen LogP contribution in [0.15, 0.2) is 16.5 Å². The molecule has 0 aromatic carbocycles. The number of piperidine rings is 1. The van der Waals surface area contributed by atoms with Crippen LogP contribution in [0.5, 0.6) is 0 Å². The molecule has 2 saturated heterocycles. The Hall–Kier alpha value is -1.33. The number of rotatable bonds is 4. The first kappa shape index (κ1) is 14.6. The van der Waals surface area contributed by atoms with Crippen molar-refractivity contribution in [1.82, 2.24) is 10.2 Å². The van der Waals surface area contributed by atoms with Crippen molar-refractivity contribution in [2.75, 3.05) is 26.7 Å². The Morgan fingerprint density at radius 1 is 1.38 bits per heavy atom. The molecule has 21 heavy (non-hydrogen) atoms. The van der Waals surface area contributed by atoms with E-state index in [9.17, 15) is 4.79 Å². The molecule has 0 saturated carbocycles. The number of nitrogens with zero attached hydrogens (tertiary/aromatic N) is 1. The third kappa shape index (κ3) is 3.47. The molecule has 5 nitrogen and oxygen atoms in total. The van der Waals surface area contributed by atoms with Gasteiger partial charge in [-0.1, -0.05) is 0 Å². The maximum absolute atomic E-state index is 11.4. The molecule has 2 fully saturated rings. The number of methoxy groups -OCH3 is 1. The van der Waals surface area contributed by atoms with Crippen LogP contribution in [0.4, 0.5) is 0 Å². The predicted molar refractivity (Wildman–Crippen MR) is 79.1 cm³/mol. The van der Waals surface area contributed by atoms with E-state index < -0.39 is 5.97 Å². The summed E-state index contributed by atoms with van der Waals surface area (Å²) in [4.78, 5) is 13.8. The molecule has 0 amide bonds. The van der Waals surface area contributed by atoms with Gasteiger partial charge in [0.05, 0.1) is 13.7 Å². The van der Waals surface area contributed by atoms with E-state index in [2.05, 4.69) is 15.0 Å². The lowest BCUT2D eigenvalue weighted by Gasteiger charge is -2.34. The standard InChI is InChI=1S/C16H24N2O3/c1-20-16(19)15-5-4-13(21-15)11-18-9-6-12(7-10-18)14-3-2-8-17-14/h4-5,12,14,17H,2-3,6-11H2,1H3. The van der Waals surface area contributed by atoms with Crippen LogP contribution in [0.3, 0.4) is 0 Å². The van der Waals surface area contributed by atoms with E-state index in [0.29, 0.717) is 0 Å². The van der Waals surface area contributed by atoms with Crippen molar-refractivity contribution in [2.24, 2.45) is 5.92 Å². The fraction of sp³-hybridized carbons (Fsp3) is 0.688. The molecule has 3 heterocycles. The average Bonchev–Trinajstić information content (AvgIpc) is 3.18. The van der Waals surface area contributed by atoms with Gasteiger partial charge in [0.1, 0.15) is 5.76 Å². The number of nitrogens with one attached hydrogen (secondary N) is 1. The zero-order valence-electron chi connectivity index (χ0n) is 12.6. The molecule has 116 valence electrons. The van der Waals surface area contributed by atoms with Gasteiger partial charge in [0.25, 0.3) is 0 Å². The van der Waals surface area contributed by atoms with E-state index in [0.717, 1.165) is 37.4 Å². The van der Waals surface area contributed by atoms with E-state index in [-0.39, 0.29) is 5.76 Å². The highest BCUT2D eigenvalue weighted by atomic mass is 16.5. The number of carbonyl (C=O) groups is 1. The summed E-state index contributed by atoms with van der Waals surface area (Å²) in [6, 6.07) is 4.30. The Morgan fingerprint density at radius 2 is 2.19 bits per heavy atom. The minimum atomic E-state index is -0.410. The molecule has 3 rings (SSSR count). The molecular weight excluding hydrogens is 268 g/mol. The molecule has 1 N–H and O–H groups in total. The van der Waals surface area contributed by atoms with Gasteiger partial charge in [-0.2, -0.15) is 0 Å². The van der Waals surface area contributed by atoms with Gasteiger partial charge in [0.15, 0.2) is 0 Å². The second kappa shape index (κ2) is 6.62. The molecule has 5 heteroatoms. The minimum Gasteiger partial charge on any atom is -0.463 e. The summed E-state index contributed by atoms with van der Waals surface area (Å²) < 4.78 is 10.2. The Kier molecular flexibility index (Phi) is 4.60. The van der Waals surface area contributed by atoms with Crippen LogP contribution >= 0.6 is 0 Å². The molecule has 1 aromatic rings. The maximum atomic E-state index is 11.4. The molecular formula is C16H24N2O3. The lowest BCUT2D eigenvalue weighted by molar-refractivity contribution is 0.0560. The van der Waals surface area contributed by atoms with Crippen LogP contribution in [0, 0.1) is 5.92 Å². The molecule has 1 aromatic heterocycles. The molecule has 1 atom stereocenters. The number of furan rings is 1. The number of hydrogen-bond acceptors (Lipinski definition) is 5. The van der Waals surface area contributed by atoms with E-state index in [1.165, 1.54) is 39.3 Å². The predicted octanol–water partition coefficient (Wildman–Crippen LogP) is 2.03. The van der Waals surface area contributed by atoms with Crippen LogP contribution in [-0.4, -0.2) is 43.7 Å². The van der Waals surface area contributed by atoms with Gasteiger partial charge in [-0.25, -0.2) is 4.79 Å². The number of likely N-dealkylation sites (tertiary alicyclic amines) is 1. The van der Waals surface area contributed by atoms with Gasteiger partial charge in [-0.15, -0.1) is 0 Å². The molecule has 0 spiro atoms. The molecule has 0 radical (unpaired) electrons. The molecule has 2 aliphatic rings. The number of carbonyl (C=O) groups excluding carboxylic acids is 1. The summed E-state index contributed by atoms with van der Waals surface area (Å²) in [6.07, 6.45) is 5.17. The SMILES string of the molecule is COC(=O)c1ccc(CN2CCC(C3CCCN3)CC2)o1. The van der Waals surface area contributed by atoms with Crippen molar-refractivity contribution in [3.05, 3.63) is 23.7 Å². The van der Waals surface area contributed by atoms with E-state index in [1.54, 1.807) is 6.07 Å². The summed E-state index contributed by atoms with van der Waals surface area (Å²) in [5.41, 5.74) is 0. The molecule has 1 unspecified atom stereocenters. The fourth-order valence-corrected chi connectivity index (χ4v) is 3.52. The van der Waals surface area contributed by atoms with Crippen molar-refractivity contribution in [2.45, 2.75) is 38.3 Å². The molecule has 0 bridgehead atoms. The van der Waals surface area contributed by atoms with Gasteiger partial charge >= 0.3 is 5.97 Å². The van der Waals surface area contributed by atoms with E-state index >= 15 is 0 Å². The normalized spacial score (nSPS) is 24.3. The third-order valence-electron chi connectivity index (χ3n) is 4.73. The highest BCUT2D eigenvalue weighted by Gasteiger charge is 2.28. The van der Waals surface area contributed by atoms with Crippen molar-refractivity contribution in [1.29, 1.82) is 0 Å². The topological polar surface area (TPSA) is 54.7 Å². The lowest BCUT2D eigenvalue weighted by atomic mass is 9.88. The number of esters is 1. The molecule has 2 aliphatic heterocycles. The van der Waals surface area contributed by atoms with Crippen molar-refractivity contribution in [3.63, 3.8) is 0 Å². The Labute approximate surface area is 125 Å². The summed E-state index contributed by atoms with van der Waals surface area (Å²) >= 11 is 0. The van der Waals surface area contributed by atoms with E-state index in [4.69, 9.17) is 4.42 Å². The summed E-state index contributed by atoms with van der Waals surface area (Å²) in [5.74, 6) is 1.55. The van der Waals surface area contributed by atoms with Crippen LogP contribution in [0.1, 0.15) is 42.0 Å². The Bertz CT molecular complexity index is 472. The van der Waals surface area contributed by atoms with Gasteiger partial charge in [-0.3, -0.25) is 4.90 Å². The lowest BCUT2D eigenvalue weighted by Crippen LogP contribution is -2.40. The number of ether oxygens (including phenoxy) is 1. The average molecular weight is 292 g/mol. The second-order valence-electron chi connectivity index (χ2n) is 6.07. The Morgan fingerprint density at radius 3 is 2.86 bits per heavy atom. The zero-order chi connectivity index (χ0) is 14.7. The van der Waals surface area contributed by atoms with Gasteiger partial charge < -0.3 is 14.5 Å². The van der Waals surface area contributed by atoms with Crippen LogP contribution in [0.25, 0.3) is 0 Å². The highest BCUT2D eigenvalue weighted by Crippen LogP contribution is 2.26. The van der Waals surface area contributed by atoms with Crippen LogP contribution in [-0.2, 0) is 11.3 Å². The monoisotopic (exact) mass is 292 g/mol. The van der Waals surface area contributed by atoms with Crippen LogP contribution in [0.2, 0.25) is 0 Å². The molecule has 0 aliphatic carbocycles. The van der Waals surface area contributed by atoms with Crippen molar-refractivity contribution >= 4 is 5.97 Å². The van der Waals surface area contributed by atoms with Gasteiger partial charge in [-0.05, 0) is 63.4 Å². The van der Waals surface area contributed by atoms with Crippen LogP contribution < -0.4 is 5.32 Å². The quantitative estimate of drug-likeness (QED) is 0.861. The fourth-order valence-electron chi connectivity index (χ4n) is 3.52. The Balaban J connectivity index is 1.48. The number of hydrogen-bond donors (Lipinski definition) is 1. The summed E-state index contributed by atoms with van der Waals surface area (Å²) in [7, 11) is 1.37. The largest absolute Gasteiger partial charge is 0.463 e. The first-order valence-corrected chi connectivity index (χ1v) is 7.89. The summed E-state index contributed by atoms with van der Waals surface area (Å²) in [6.45, 7) is 4.18. The highest BCUT2D eigenvalue weighted by molar-refractivity contribution is 5.86. The summed E-state index contributed by atoms with van der Waals surface area (Å²) in [5, 5.41) is 3.62. The third-order valence-corrected chi connectivity index (χ3v) is 4.73. The minimum absolute atomic E-state index is 0.289. The van der Waals surface area contributed by atoms with Crippen molar-refractivity contribution < 1.29 is 13.9 Å². The first-order chi connectivity index (χ1) is 10.3. The second-order valence-corrected chi connectivity index (χ2v) is 6.07. The zero-order valence-corrected chi connectivity index (χ0v) is 12.6. The maximum Gasteiger partial charge on any atom is 0.373 e. The van der Waals surface area contributed by atoms with Gasteiger partial charge in [0.2, 0.25) is 5.76 Å².